The molecule has 0 spiro atoms. The van der Waals surface area contributed by atoms with E-state index in [4.69, 9.17) is 0 Å². The molecule has 0 fully saturated rings. The van der Waals surface area contributed by atoms with Gasteiger partial charge in [0.1, 0.15) is 0 Å². The van der Waals surface area contributed by atoms with Gasteiger partial charge in [-0.2, -0.15) is 4.98 Å². The molecule has 1 aliphatic heterocycles. The summed E-state index contributed by atoms with van der Waals surface area (Å²) in [5, 5.41) is 14.0. The molecule has 0 unspecified atom stereocenters. The molecular formula is C18H12BrN3OS. The molecule has 24 heavy (non-hydrogen) atoms. The molecule has 4 nitrogen and oxygen atoms in total. The Kier molecular flexibility index (Phi) is 3.92. The van der Waals surface area contributed by atoms with Crippen LogP contribution in [-0.4, -0.2) is 16.3 Å². The molecule has 0 bridgehead atoms. The molecule has 6 heteroatoms. The zero-order chi connectivity index (χ0) is 16.5. The zero-order valence-electron chi connectivity index (χ0n) is 12.4. The van der Waals surface area contributed by atoms with Crippen molar-refractivity contribution in [1.82, 2.24) is 4.98 Å². The van der Waals surface area contributed by atoms with Gasteiger partial charge in [-0.25, -0.2) is 0 Å². The van der Waals surface area contributed by atoms with Crippen LogP contribution < -0.4 is 5.32 Å². The van der Waals surface area contributed by atoms with Crippen molar-refractivity contribution in [2.75, 3.05) is 5.32 Å². The number of aromatic nitrogens is 1. The van der Waals surface area contributed by atoms with Crippen molar-refractivity contribution in [3.63, 3.8) is 0 Å². The van der Waals surface area contributed by atoms with Crippen LogP contribution in [0.15, 0.2) is 58.0 Å². The van der Waals surface area contributed by atoms with Gasteiger partial charge < -0.3 is 10.4 Å². The first-order chi connectivity index (χ1) is 11.7. The highest BCUT2D eigenvalue weighted by Gasteiger charge is 2.14. The number of thiazole rings is 1. The Morgan fingerprint density at radius 2 is 1.88 bits per heavy atom. The minimum Gasteiger partial charge on any atom is -0.492 e. The third-order valence-electron chi connectivity index (χ3n) is 3.59. The van der Waals surface area contributed by atoms with Gasteiger partial charge in [0.15, 0.2) is 5.13 Å². The fraction of sp³-hybridized carbons (Fsp3) is 0. The van der Waals surface area contributed by atoms with E-state index in [1.165, 1.54) is 11.3 Å². The molecule has 2 N–H and O–H groups in total. The first-order valence-electron chi connectivity index (χ1n) is 7.27. The minimum absolute atomic E-state index is 0.0137. The monoisotopic (exact) mass is 397 g/mol. The molecule has 1 aliphatic rings. The van der Waals surface area contributed by atoms with Gasteiger partial charge in [-0.05, 0) is 40.2 Å². The third kappa shape index (κ3) is 2.86. The lowest BCUT2D eigenvalue weighted by Gasteiger charge is -2.03. The molecule has 4 rings (SSSR count). The largest absolute Gasteiger partial charge is 0.492 e. The van der Waals surface area contributed by atoms with Crippen LogP contribution in [0, 0.1) is 0 Å². The van der Waals surface area contributed by atoms with Crippen molar-refractivity contribution in [3.8, 4) is 5.88 Å². The maximum absolute atomic E-state index is 10.1. The normalized spacial score (nSPS) is 14.1. The van der Waals surface area contributed by atoms with E-state index >= 15 is 0 Å². The number of para-hydroxylation sites is 2. The Bertz CT molecular complexity index is 978. The van der Waals surface area contributed by atoms with Crippen molar-refractivity contribution in [2.24, 2.45) is 4.99 Å². The molecule has 0 saturated heterocycles. The molecule has 2 heterocycles. The summed E-state index contributed by atoms with van der Waals surface area (Å²) in [6.45, 7) is 0. The molecule has 2 aromatic carbocycles. The van der Waals surface area contributed by atoms with Crippen LogP contribution in [0.3, 0.4) is 0 Å². The first-order valence-corrected chi connectivity index (χ1v) is 8.88. The quantitative estimate of drug-likeness (QED) is 0.603. The average Bonchev–Trinajstić information content (AvgIpc) is 3.14. The van der Waals surface area contributed by atoms with E-state index < -0.39 is 0 Å². The van der Waals surface area contributed by atoms with Gasteiger partial charge >= 0.3 is 0 Å². The van der Waals surface area contributed by atoms with E-state index in [2.05, 4.69) is 31.2 Å². The Balaban J connectivity index is 1.65. The number of fused-ring (bicyclic) bond motifs is 1. The summed E-state index contributed by atoms with van der Waals surface area (Å²) in [5.41, 5.74) is 3.88. The molecule has 0 saturated carbocycles. The molecule has 1 aromatic heterocycles. The second-order valence-corrected chi connectivity index (χ2v) is 7.07. The Hall–Kier alpha value is -2.44. The SMILES string of the molecule is Oc1nc(Nc2ccccc2Br)sc1C=C1C=Nc2ccccc21. The number of aromatic hydroxyl groups is 1. The summed E-state index contributed by atoms with van der Waals surface area (Å²) >= 11 is 4.88. The predicted octanol–water partition coefficient (Wildman–Crippen LogP) is 5.61. The molecule has 0 atom stereocenters. The fourth-order valence-corrected chi connectivity index (χ4v) is 3.65. The van der Waals surface area contributed by atoms with Crippen LogP contribution in [0.1, 0.15) is 10.4 Å². The van der Waals surface area contributed by atoms with Crippen molar-refractivity contribution in [2.45, 2.75) is 0 Å². The van der Waals surface area contributed by atoms with Gasteiger partial charge in [0.25, 0.3) is 0 Å². The molecule has 0 radical (unpaired) electrons. The topological polar surface area (TPSA) is 57.5 Å². The highest BCUT2D eigenvalue weighted by Crippen LogP contribution is 2.37. The second-order valence-electron chi connectivity index (χ2n) is 5.19. The number of benzene rings is 2. The summed E-state index contributed by atoms with van der Waals surface area (Å²) in [6, 6.07) is 15.7. The number of hydrogen-bond donors (Lipinski definition) is 2. The van der Waals surface area contributed by atoms with E-state index in [9.17, 15) is 5.11 Å². The Morgan fingerprint density at radius 3 is 2.75 bits per heavy atom. The van der Waals surface area contributed by atoms with Gasteiger partial charge in [-0.15, -0.1) is 0 Å². The van der Waals surface area contributed by atoms with Crippen LogP contribution in [0.5, 0.6) is 5.88 Å². The third-order valence-corrected chi connectivity index (χ3v) is 5.19. The second kappa shape index (κ2) is 6.22. The fourth-order valence-electron chi connectivity index (χ4n) is 2.44. The number of nitrogens with zero attached hydrogens (tertiary/aromatic N) is 2. The maximum Gasteiger partial charge on any atom is 0.231 e. The standard InChI is InChI=1S/C18H12BrN3OS/c19-13-6-2-4-8-15(13)21-18-22-17(23)16(24-18)9-11-10-20-14-7-3-1-5-12(11)14/h1-10,23H,(H,21,22). The van der Waals surface area contributed by atoms with Crippen LogP contribution in [0.25, 0.3) is 11.6 Å². The van der Waals surface area contributed by atoms with Crippen molar-refractivity contribution in [3.05, 3.63) is 63.4 Å². The number of anilines is 2. The number of hydrogen-bond acceptors (Lipinski definition) is 5. The van der Waals surface area contributed by atoms with Gasteiger partial charge in [-0.3, -0.25) is 4.99 Å². The smallest absolute Gasteiger partial charge is 0.231 e. The number of halogens is 1. The van der Waals surface area contributed by atoms with E-state index in [0.29, 0.717) is 10.0 Å². The van der Waals surface area contributed by atoms with Gasteiger partial charge in [-0.1, -0.05) is 41.7 Å². The maximum atomic E-state index is 10.1. The van der Waals surface area contributed by atoms with Crippen LogP contribution in [0.2, 0.25) is 0 Å². The van der Waals surface area contributed by atoms with Crippen molar-refractivity contribution in [1.29, 1.82) is 0 Å². The van der Waals surface area contributed by atoms with Gasteiger partial charge in [0, 0.05) is 21.8 Å². The molecule has 3 aromatic rings. The summed E-state index contributed by atoms with van der Waals surface area (Å²) < 4.78 is 0.941. The lowest BCUT2D eigenvalue weighted by atomic mass is 10.1. The number of aliphatic imine (C=N–C) groups is 1. The van der Waals surface area contributed by atoms with E-state index in [0.717, 1.165) is 27.0 Å². The van der Waals surface area contributed by atoms with Crippen LogP contribution >= 0.6 is 27.3 Å². The lowest BCUT2D eigenvalue weighted by molar-refractivity contribution is 0.457. The highest BCUT2D eigenvalue weighted by atomic mass is 79.9. The number of nitrogens with one attached hydrogen (secondary N) is 1. The zero-order valence-corrected chi connectivity index (χ0v) is 14.8. The van der Waals surface area contributed by atoms with Gasteiger partial charge in [0.05, 0.1) is 16.3 Å². The number of rotatable bonds is 3. The summed E-state index contributed by atoms with van der Waals surface area (Å²) in [4.78, 5) is 9.28. The van der Waals surface area contributed by atoms with Crippen molar-refractivity contribution >= 4 is 61.6 Å². The number of allylic oxidation sites excluding steroid dienone is 1. The molecule has 0 aliphatic carbocycles. The summed E-state index contributed by atoms with van der Waals surface area (Å²) in [6.07, 6.45) is 3.72. The highest BCUT2D eigenvalue weighted by molar-refractivity contribution is 9.10. The first kappa shape index (κ1) is 15.1. The van der Waals surface area contributed by atoms with E-state index in [-0.39, 0.29) is 5.88 Å². The predicted molar refractivity (Wildman–Crippen MR) is 104 cm³/mol. The Labute approximate surface area is 151 Å². The van der Waals surface area contributed by atoms with Crippen LogP contribution in [-0.2, 0) is 0 Å². The molecule has 0 amide bonds. The molecule has 118 valence electrons. The molecular weight excluding hydrogens is 386 g/mol. The van der Waals surface area contributed by atoms with E-state index in [1.54, 1.807) is 0 Å². The summed E-state index contributed by atoms with van der Waals surface area (Å²) in [7, 11) is 0. The van der Waals surface area contributed by atoms with Gasteiger partial charge in [0.2, 0.25) is 5.88 Å². The minimum atomic E-state index is 0.0137. The van der Waals surface area contributed by atoms with Crippen LogP contribution in [0.4, 0.5) is 16.5 Å². The average molecular weight is 398 g/mol. The Morgan fingerprint density at radius 1 is 1.08 bits per heavy atom. The van der Waals surface area contributed by atoms with E-state index in [1.807, 2.05) is 60.8 Å². The van der Waals surface area contributed by atoms with Crippen molar-refractivity contribution < 1.29 is 5.11 Å². The summed E-state index contributed by atoms with van der Waals surface area (Å²) in [5.74, 6) is 0.0137. The lowest BCUT2D eigenvalue weighted by Crippen LogP contribution is -1.89.